The van der Waals surface area contributed by atoms with Crippen molar-refractivity contribution in [2.45, 2.75) is 13.3 Å². The third-order valence-corrected chi connectivity index (χ3v) is 5.02. The number of hydrogen-bond donors (Lipinski definition) is 1. The second-order valence-corrected chi connectivity index (χ2v) is 6.78. The molecule has 0 bridgehead atoms. The Morgan fingerprint density at radius 2 is 1.69 bits per heavy atom. The number of rotatable bonds is 4. The first-order valence-electron chi connectivity index (χ1n) is 9.22. The van der Waals surface area contributed by atoms with E-state index in [1.807, 2.05) is 29.2 Å². The van der Waals surface area contributed by atoms with Gasteiger partial charge in [0.05, 0.1) is 13.1 Å². The zero-order valence-corrected chi connectivity index (χ0v) is 15.2. The van der Waals surface area contributed by atoms with Gasteiger partial charge in [-0.1, -0.05) is 19.1 Å². The summed E-state index contributed by atoms with van der Waals surface area (Å²) in [6.07, 6.45) is 0.958. The first kappa shape index (κ1) is 18.4. The van der Waals surface area contributed by atoms with Gasteiger partial charge in [0.25, 0.3) is 5.91 Å². The van der Waals surface area contributed by atoms with Crippen molar-refractivity contribution in [1.29, 1.82) is 0 Å². The average Bonchev–Trinajstić information content (AvgIpc) is 2.68. The van der Waals surface area contributed by atoms with Crippen molar-refractivity contribution in [2.24, 2.45) is 0 Å². The highest BCUT2D eigenvalue weighted by Crippen LogP contribution is 2.11. The van der Waals surface area contributed by atoms with Crippen molar-refractivity contribution < 1.29 is 14.4 Å². The molecule has 0 saturated carbocycles. The summed E-state index contributed by atoms with van der Waals surface area (Å²) < 4.78 is 0. The van der Waals surface area contributed by atoms with Crippen LogP contribution in [0, 0.1) is 0 Å². The maximum atomic E-state index is 12.6. The fraction of sp³-hybridized carbons (Fsp3) is 0.526. The molecule has 2 saturated heterocycles. The molecule has 7 nitrogen and oxygen atoms in total. The topological polar surface area (TPSA) is 73.0 Å². The molecule has 7 heteroatoms. The van der Waals surface area contributed by atoms with E-state index in [9.17, 15) is 14.4 Å². The van der Waals surface area contributed by atoms with Gasteiger partial charge in [-0.25, -0.2) is 0 Å². The van der Waals surface area contributed by atoms with Crippen LogP contribution < -0.4 is 5.32 Å². The van der Waals surface area contributed by atoms with Crippen molar-refractivity contribution in [3.8, 4) is 0 Å². The number of hydrogen-bond acceptors (Lipinski definition) is 4. The van der Waals surface area contributed by atoms with E-state index in [1.165, 1.54) is 5.56 Å². The first-order valence-corrected chi connectivity index (χ1v) is 9.22. The molecule has 140 valence electrons. The summed E-state index contributed by atoms with van der Waals surface area (Å²) in [6, 6.07) is 7.77. The molecule has 2 aliphatic rings. The second-order valence-electron chi connectivity index (χ2n) is 6.78. The third-order valence-electron chi connectivity index (χ3n) is 5.02. The van der Waals surface area contributed by atoms with Gasteiger partial charge in [-0.3, -0.25) is 19.3 Å². The van der Waals surface area contributed by atoms with E-state index in [0.29, 0.717) is 51.4 Å². The maximum absolute atomic E-state index is 12.6. The molecule has 26 heavy (non-hydrogen) atoms. The Bertz CT molecular complexity index is 666. The summed E-state index contributed by atoms with van der Waals surface area (Å²) >= 11 is 0. The molecular weight excluding hydrogens is 332 g/mol. The van der Waals surface area contributed by atoms with Crippen LogP contribution in [0.2, 0.25) is 0 Å². The van der Waals surface area contributed by atoms with E-state index in [1.54, 1.807) is 4.90 Å². The monoisotopic (exact) mass is 358 g/mol. The minimum atomic E-state index is -0.103. The van der Waals surface area contributed by atoms with E-state index in [4.69, 9.17) is 0 Å². The molecule has 0 spiro atoms. The maximum Gasteiger partial charge on any atom is 0.253 e. The Morgan fingerprint density at radius 1 is 1.00 bits per heavy atom. The quantitative estimate of drug-likeness (QED) is 0.820. The molecule has 2 aliphatic heterocycles. The molecule has 1 aromatic carbocycles. The zero-order chi connectivity index (χ0) is 18.5. The van der Waals surface area contributed by atoms with Gasteiger partial charge in [-0.05, 0) is 24.1 Å². The number of nitrogens with one attached hydrogen (secondary N) is 1. The molecule has 1 N–H and O–H groups in total. The predicted molar refractivity (Wildman–Crippen MR) is 97.8 cm³/mol. The zero-order valence-electron chi connectivity index (χ0n) is 15.2. The Labute approximate surface area is 153 Å². The van der Waals surface area contributed by atoms with Crippen molar-refractivity contribution in [3.05, 3.63) is 35.4 Å². The van der Waals surface area contributed by atoms with Gasteiger partial charge in [0, 0.05) is 44.8 Å². The number of amides is 3. The van der Waals surface area contributed by atoms with Crippen LogP contribution in [0.5, 0.6) is 0 Å². The fourth-order valence-electron chi connectivity index (χ4n) is 3.32. The molecule has 0 radical (unpaired) electrons. The summed E-state index contributed by atoms with van der Waals surface area (Å²) in [5, 5.41) is 2.72. The number of piperazine rings is 2. The summed E-state index contributed by atoms with van der Waals surface area (Å²) in [6.45, 7) is 6.19. The minimum Gasteiger partial charge on any atom is -0.353 e. The number of aryl methyl sites for hydroxylation is 1. The standard InChI is InChI=1S/C19H26N4O3/c1-2-15-3-5-16(6-4-15)19(26)22-11-9-21(10-12-22)14-18(25)23-8-7-20-17(24)13-23/h3-6H,2,7-14H2,1H3,(H,20,24). The minimum absolute atomic E-state index is 0.0187. The van der Waals surface area contributed by atoms with Crippen molar-refractivity contribution in [3.63, 3.8) is 0 Å². The highest BCUT2D eigenvalue weighted by Gasteiger charge is 2.26. The summed E-state index contributed by atoms with van der Waals surface area (Å²) in [5.74, 6) is -0.0739. The van der Waals surface area contributed by atoms with Crippen molar-refractivity contribution >= 4 is 17.7 Å². The van der Waals surface area contributed by atoms with E-state index < -0.39 is 0 Å². The molecule has 3 amide bonds. The SMILES string of the molecule is CCc1ccc(C(=O)N2CCN(CC(=O)N3CCNC(=O)C3)CC2)cc1. The van der Waals surface area contributed by atoms with Gasteiger partial charge in [-0.2, -0.15) is 0 Å². The number of nitrogens with zero attached hydrogens (tertiary/aromatic N) is 3. The summed E-state index contributed by atoms with van der Waals surface area (Å²) in [5.41, 5.74) is 1.93. The Morgan fingerprint density at radius 3 is 2.31 bits per heavy atom. The van der Waals surface area contributed by atoms with Crippen LogP contribution in [0.25, 0.3) is 0 Å². The highest BCUT2D eigenvalue weighted by molar-refractivity contribution is 5.94. The van der Waals surface area contributed by atoms with Crippen LogP contribution in [0.15, 0.2) is 24.3 Å². The molecule has 0 aromatic heterocycles. The Balaban J connectivity index is 1.48. The lowest BCUT2D eigenvalue weighted by atomic mass is 10.1. The van der Waals surface area contributed by atoms with E-state index in [-0.39, 0.29) is 24.3 Å². The Hall–Kier alpha value is -2.41. The molecule has 2 heterocycles. The smallest absolute Gasteiger partial charge is 0.253 e. The fourth-order valence-corrected chi connectivity index (χ4v) is 3.32. The molecule has 1 aromatic rings. The van der Waals surface area contributed by atoms with Gasteiger partial charge < -0.3 is 15.1 Å². The van der Waals surface area contributed by atoms with Crippen LogP contribution in [-0.2, 0) is 16.0 Å². The molecule has 3 rings (SSSR count). The van der Waals surface area contributed by atoms with Crippen LogP contribution >= 0.6 is 0 Å². The number of benzene rings is 1. The van der Waals surface area contributed by atoms with Crippen molar-refractivity contribution in [2.75, 3.05) is 52.4 Å². The first-order chi connectivity index (χ1) is 12.6. The number of carbonyl (C=O) groups excluding carboxylic acids is 3. The van der Waals surface area contributed by atoms with Gasteiger partial charge in [0.1, 0.15) is 0 Å². The average molecular weight is 358 g/mol. The van der Waals surface area contributed by atoms with Crippen molar-refractivity contribution in [1.82, 2.24) is 20.0 Å². The van der Waals surface area contributed by atoms with Crippen LogP contribution in [-0.4, -0.2) is 84.8 Å². The lowest BCUT2D eigenvalue weighted by molar-refractivity contribution is -0.139. The Kier molecular flexibility index (Phi) is 5.88. The predicted octanol–water partition coefficient (Wildman–Crippen LogP) is -0.0348. The van der Waals surface area contributed by atoms with Gasteiger partial charge in [0.15, 0.2) is 0 Å². The molecular formula is C19H26N4O3. The van der Waals surface area contributed by atoms with E-state index in [0.717, 1.165) is 6.42 Å². The lowest BCUT2D eigenvalue weighted by Crippen LogP contribution is -2.55. The van der Waals surface area contributed by atoms with Gasteiger partial charge in [-0.15, -0.1) is 0 Å². The lowest BCUT2D eigenvalue weighted by Gasteiger charge is -2.36. The normalized spacial score (nSPS) is 18.6. The highest BCUT2D eigenvalue weighted by atomic mass is 16.2. The third kappa shape index (κ3) is 4.40. The second kappa shape index (κ2) is 8.31. The summed E-state index contributed by atoms with van der Waals surface area (Å²) in [4.78, 5) is 41.8. The van der Waals surface area contributed by atoms with Crippen LogP contribution in [0.3, 0.4) is 0 Å². The van der Waals surface area contributed by atoms with Crippen LogP contribution in [0.4, 0.5) is 0 Å². The van der Waals surface area contributed by atoms with E-state index >= 15 is 0 Å². The molecule has 0 unspecified atom stereocenters. The molecule has 0 atom stereocenters. The largest absolute Gasteiger partial charge is 0.353 e. The molecule has 2 fully saturated rings. The number of carbonyl (C=O) groups is 3. The summed E-state index contributed by atoms with van der Waals surface area (Å²) in [7, 11) is 0. The van der Waals surface area contributed by atoms with Gasteiger partial charge in [0.2, 0.25) is 11.8 Å². The van der Waals surface area contributed by atoms with E-state index in [2.05, 4.69) is 17.1 Å². The molecule has 0 aliphatic carbocycles. The van der Waals surface area contributed by atoms with Gasteiger partial charge >= 0.3 is 0 Å². The van der Waals surface area contributed by atoms with Crippen LogP contribution in [0.1, 0.15) is 22.8 Å².